The molecule has 6 heterocycles. The van der Waals surface area contributed by atoms with Crippen molar-refractivity contribution >= 4 is 93.3 Å². The molecule has 5 amide bonds. The van der Waals surface area contributed by atoms with E-state index in [-0.39, 0.29) is 47.4 Å². The molecule has 1 aromatic heterocycles. The number of carbonyl (C=O) groups is 6. The Morgan fingerprint density at radius 3 is 1.99 bits per heavy atom. The molecule has 4 fully saturated rings. The summed E-state index contributed by atoms with van der Waals surface area (Å²) in [5, 5.41) is 18.0. The van der Waals surface area contributed by atoms with Gasteiger partial charge in [0.2, 0.25) is 23.2 Å². The average molecular weight is 1130 g/mol. The summed E-state index contributed by atoms with van der Waals surface area (Å²) in [4.78, 5) is 77.3. The van der Waals surface area contributed by atoms with Crippen LogP contribution in [0.1, 0.15) is 102 Å². The second-order valence-electron chi connectivity index (χ2n) is 20.7. The number of carbonyl (C=O) groups excluding carboxylic acids is 6. The standard InChI is InChI=1S/C58H79N7O10S3/c66-43(11-9-29-72-33-35-74-31-24-59-52(68)19-7-5-17-50-56-42(39-76-50)37-54(70)62-56)22-27-64-26-21-41(45-13-1-2-14-47(45)64)38-55-65(48-15-3-4-16-49(48)78-55)28-23-44(67)12-10-30-73-34-36-75-32-25-60-53(69)20-8-6-18-51-57-46(40-77-51)61-58(71)63-57/h1-4,13-16,21,26,38,42,46,50-51,56-57H,5-12,17-20,22-25,27-37,39-40H2,(H4-,59,60,61,62,63,68,69,70,71)/p+1. The smallest absolute Gasteiger partial charge is 0.315 e. The predicted octanol–water partition coefficient (Wildman–Crippen LogP) is 6.72. The van der Waals surface area contributed by atoms with E-state index in [2.05, 4.69) is 78.7 Å². The minimum Gasteiger partial charge on any atom is -0.379 e. The molecule has 0 bridgehead atoms. The molecular formula is C58H80N7O10S3+. The third kappa shape index (κ3) is 18.4. The van der Waals surface area contributed by atoms with Gasteiger partial charge in [-0.05, 0) is 80.0 Å². The number of benzene rings is 2. The third-order valence-corrected chi connectivity index (χ3v) is 19.1. The number of nitrogens with zero attached hydrogens (tertiary/aromatic N) is 2. The Morgan fingerprint density at radius 1 is 0.641 bits per heavy atom. The van der Waals surface area contributed by atoms with Crippen LogP contribution in [-0.4, -0.2) is 148 Å². The number of unbranched alkanes of at least 4 members (excludes halogenated alkanes) is 2. The number of urea groups is 1. The molecule has 0 spiro atoms. The van der Waals surface area contributed by atoms with Crippen LogP contribution in [0.3, 0.4) is 0 Å². The van der Waals surface area contributed by atoms with Crippen LogP contribution in [0.2, 0.25) is 0 Å². The first-order valence-corrected chi connectivity index (χ1v) is 31.2. The van der Waals surface area contributed by atoms with Crippen LogP contribution in [0, 0.1) is 5.92 Å². The summed E-state index contributed by atoms with van der Waals surface area (Å²) in [5.74, 6) is 3.10. The Kier molecular flexibility index (Phi) is 24.3. The Balaban J connectivity index is 0.647. The van der Waals surface area contributed by atoms with Gasteiger partial charge in [0, 0.05) is 111 Å². The van der Waals surface area contributed by atoms with Crippen LogP contribution in [-0.2, 0) is 49.5 Å². The van der Waals surface area contributed by atoms with E-state index >= 15 is 0 Å². The van der Waals surface area contributed by atoms with Gasteiger partial charge in [-0.2, -0.15) is 28.1 Å². The molecule has 78 heavy (non-hydrogen) atoms. The van der Waals surface area contributed by atoms with Gasteiger partial charge >= 0.3 is 6.03 Å². The van der Waals surface area contributed by atoms with Gasteiger partial charge in [0.05, 0.1) is 74.2 Å². The van der Waals surface area contributed by atoms with Crippen molar-refractivity contribution < 1.29 is 52.3 Å². The van der Waals surface area contributed by atoms with E-state index in [9.17, 15) is 28.8 Å². The van der Waals surface area contributed by atoms with E-state index in [1.54, 1.807) is 11.8 Å². The molecular weight excluding hydrogens is 1050 g/mol. The van der Waals surface area contributed by atoms with Gasteiger partial charge in [0.15, 0.2) is 12.7 Å². The Hall–Kier alpha value is -4.70. The molecule has 2 aromatic carbocycles. The van der Waals surface area contributed by atoms with Crippen LogP contribution >= 0.6 is 35.3 Å². The second kappa shape index (κ2) is 31.9. The molecule has 5 aliphatic heterocycles. The number of thioether (sulfide) groups is 3. The number of pyridine rings is 1. The summed E-state index contributed by atoms with van der Waals surface area (Å²) in [5.41, 5.74) is 3.21. The lowest BCUT2D eigenvalue weighted by Gasteiger charge is -2.20. The molecule has 8 rings (SSSR count). The third-order valence-electron chi connectivity index (χ3n) is 14.9. The van der Waals surface area contributed by atoms with Crippen molar-refractivity contribution in [3.63, 3.8) is 0 Å². The first kappa shape index (κ1) is 59.4. The number of hydrogen-bond acceptors (Lipinski definition) is 14. The van der Waals surface area contributed by atoms with Gasteiger partial charge in [-0.1, -0.05) is 48.9 Å². The van der Waals surface area contributed by atoms with Gasteiger partial charge in [0.25, 0.3) is 0 Å². The highest BCUT2D eigenvalue weighted by atomic mass is 32.2. The summed E-state index contributed by atoms with van der Waals surface area (Å²) in [6, 6.07) is 19.3. The first-order chi connectivity index (χ1) is 38.2. The number of fused-ring (bicyclic) bond motifs is 4. The maximum atomic E-state index is 13.1. The topological polar surface area (TPSA) is 207 Å². The van der Waals surface area contributed by atoms with Gasteiger partial charge in [-0.3, -0.25) is 24.0 Å². The maximum absolute atomic E-state index is 13.1. The molecule has 20 heteroatoms. The zero-order valence-electron chi connectivity index (χ0n) is 45.0. The SMILES string of the molecule is O=C(CCCOCCOCCNC(=O)CCCCC1SCC2NC(=O)NC21)CCN1C(=Cc2cc[n+](CCC(=O)CCCOCCOCCNC(=O)CCCCC3SCC4CC(=O)NC43)c3ccccc23)Sc2ccccc21. The van der Waals surface area contributed by atoms with Gasteiger partial charge in [0.1, 0.15) is 11.6 Å². The Bertz CT molecular complexity index is 2520. The van der Waals surface area contributed by atoms with Crippen LogP contribution in [0.25, 0.3) is 17.0 Å². The van der Waals surface area contributed by atoms with Crippen molar-refractivity contribution in [3.05, 3.63) is 71.4 Å². The number of aromatic nitrogens is 1. The predicted molar refractivity (Wildman–Crippen MR) is 307 cm³/mol. The Labute approximate surface area is 472 Å². The van der Waals surface area contributed by atoms with E-state index < -0.39 is 0 Å². The quantitative estimate of drug-likeness (QED) is 0.0231. The molecule has 17 nitrogen and oxygen atoms in total. The number of ether oxygens (including phenoxy) is 4. The summed E-state index contributed by atoms with van der Waals surface area (Å²) < 4.78 is 24.9. The molecule has 424 valence electrons. The lowest BCUT2D eigenvalue weighted by Crippen LogP contribution is -2.36. The number of aryl methyl sites for hydroxylation is 1. The van der Waals surface area contributed by atoms with Crippen LogP contribution in [0.5, 0.6) is 0 Å². The molecule has 5 N–H and O–H groups in total. The summed E-state index contributed by atoms with van der Waals surface area (Å²) in [7, 11) is 0. The first-order valence-electron chi connectivity index (χ1n) is 28.3. The molecule has 0 aliphatic carbocycles. The zero-order chi connectivity index (χ0) is 54.3. The average Bonchev–Trinajstić information content (AvgIpc) is 4.38. The summed E-state index contributed by atoms with van der Waals surface area (Å²) >= 11 is 5.56. The number of ketones is 2. The summed E-state index contributed by atoms with van der Waals surface area (Å²) in [6.45, 7) is 5.55. The minimum atomic E-state index is -0.0700. The second-order valence-corrected chi connectivity index (χ2v) is 24.3. The number of hydrogen-bond donors (Lipinski definition) is 5. The van der Waals surface area contributed by atoms with E-state index in [0.29, 0.717) is 159 Å². The van der Waals surface area contributed by atoms with Crippen LogP contribution in [0.15, 0.2) is 70.7 Å². The molecule has 0 radical (unpaired) electrons. The monoisotopic (exact) mass is 1130 g/mol. The number of Topliss-reactive ketones (excluding diaryl/α,β-unsaturated/α-hetero) is 2. The fourth-order valence-electron chi connectivity index (χ4n) is 10.8. The minimum absolute atomic E-state index is 0.0260. The molecule has 6 atom stereocenters. The van der Waals surface area contributed by atoms with Crippen molar-refractivity contribution in [1.29, 1.82) is 0 Å². The largest absolute Gasteiger partial charge is 0.379 e. The number of para-hydroxylation sites is 2. The fraction of sp³-hybridized carbons (Fsp3) is 0.603. The van der Waals surface area contributed by atoms with E-state index in [4.69, 9.17) is 18.9 Å². The highest BCUT2D eigenvalue weighted by Gasteiger charge is 2.43. The highest BCUT2D eigenvalue weighted by Crippen LogP contribution is 2.47. The van der Waals surface area contributed by atoms with E-state index in [1.807, 2.05) is 47.8 Å². The van der Waals surface area contributed by atoms with Crippen LogP contribution < -0.4 is 36.1 Å². The molecule has 5 aliphatic rings. The molecule has 3 aromatic rings. The zero-order valence-corrected chi connectivity index (χ0v) is 47.5. The molecule has 0 saturated carbocycles. The molecule has 6 unspecified atom stereocenters. The number of nitrogens with one attached hydrogen (secondary N) is 5. The van der Waals surface area contributed by atoms with Gasteiger partial charge in [-0.15, -0.1) is 0 Å². The maximum Gasteiger partial charge on any atom is 0.315 e. The van der Waals surface area contributed by atoms with Crippen molar-refractivity contribution in [3.8, 4) is 0 Å². The Morgan fingerprint density at radius 2 is 1.27 bits per heavy atom. The van der Waals surface area contributed by atoms with Crippen LogP contribution in [0.4, 0.5) is 10.5 Å². The van der Waals surface area contributed by atoms with Gasteiger partial charge in [-0.25, -0.2) is 4.79 Å². The normalized spacial score (nSPS) is 21.6. The number of rotatable bonds is 37. The van der Waals surface area contributed by atoms with Gasteiger partial charge < -0.3 is 50.4 Å². The number of amides is 5. The van der Waals surface area contributed by atoms with Crippen molar-refractivity contribution in [2.45, 2.75) is 136 Å². The fourth-order valence-corrected chi connectivity index (χ4v) is 15.1. The van der Waals surface area contributed by atoms with E-state index in [0.717, 1.165) is 82.1 Å². The van der Waals surface area contributed by atoms with Crippen molar-refractivity contribution in [1.82, 2.24) is 26.6 Å². The number of anilines is 1. The highest BCUT2D eigenvalue weighted by molar-refractivity contribution is 8.04. The lowest BCUT2D eigenvalue weighted by atomic mass is 9.97. The molecule has 4 saturated heterocycles. The lowest BCUT2D eigenvalue weighted by molar-refractivity contribution is -0.670. The van der Waals surface area contributed by atoms with Crippen molar-refractivity contribution in [2.24, 2.45) is 5.92 Å². The summed E-state index contributed by atoms with van der Waals surface area (Å²) in [6.07, 6.45) is 14.5. The van der Waals surface area contributed by atoms with E-state index in [1.165, 1.54) is 0 Å². The van der Waals surface area contributed by atoms with Crippen molar-refractivity contribution in [2.75, 3.05) is 88.9 Å².